The molecule has 8 heteroatoms. The average molecular weight is 411 g/mol. The van der Waals surface area contributed by atoms with Crippen molar-refractivity contribution in [1.29, 1.82) is 0 Å². The molecule has 0 spiro atoms. The maximum absolute atomic E-state index is 13.6. The monoisotopic (exact) mass is 410 g/mol. The van der Waals surface area contributed by atoms with Crippen LogP contribution in [-0.2, 0) is 0 Å². The van der Waals surface area contributed by atoms with E-state index in [0.29, 0.717) is 11.2 Å². The van der Waals surface area contributed by atoms with Crippen molar-refractivity contribution in [3.8, 4) is 0 Å². The van der Waals surface area contributed by atoms with Crippen molar-refractivity contribution in [2.45, 2.75) is 64.7 Å². The summed E-state index contributed by atoms with van der Waals surface area (Å²) in [5.41, 5.74) is -0.235. The summed E-state index contributed by atoms with van der Waals surface area (Å²) in [4.78, 5) is 12.0. The van der Waals surface area contributed by atoms with E-state index in [1.807, 2.05) is 0 Å². The molecule has 0 saturated heterocycles. The van der Waals surface area contributed by atoms with Crippen LogP contribution >= 0.6 is 11.3 Å². The van der Waals surface area contributed by atoms with Gasteiger partial charge in [0, 0.05) is 12.6 Å². The normalized spacial score (nSPS) is 10.8. The molecule has 0 unspecified atom stereocenters. The molecule has 5 nitrogen and oxygen atoms in total. The Morgan fingerprint density at radius 1 is 0.964 bits per heavy atom. The van der Waals surface area contributed by atoms with E-state index in [4.69, 9.17) is 0 Å². The van der Waals surface area contributed by atoms with Crippen molar-refractivity contribution in [3.63, 3.8) is 0 Å². The lowest BCUT2D eigenvalue weighted by molar-refractivity contribution is 0.102. The lowest BCUT2D eigenvalue weighted by Crippen LogP contribution is -2.13. The third kappa shape index (κ3) is 7.88. The molecule has 1 amide bonds. The Hall–Kier alpha value is -2.09. The van der Waals surface area contributed by atoms with Gasteiger partial charge in [-0.15, -0.1) is 10.2 Å². The van der Waals surface area contributed by atoms with Crippen LogP contribution in [0, 0.1) is 11.6 Å². The van der Waals surface area contributed by atoms with E-state index < -0.39 is 17.5 Å². The molecule has 0 atom stereocenters. The molecule has 0 aliphatic rings. The first-order valence-corrected chi connectivity index (χ1v) is 10.8. The van der Waals surface area contributed by atoms with Gasteiger partial charge in [-0.25, -0.2) is 8.78 Å². The Balaban J connectivity index is 1.62. The standard InChI is InChI=1S/C20H28F2N4OS/c1-2-3-4-5-6-7-8-9-10-13-23-19-25-26-20(28-19)24-18(27)16-12-11-15(21)14-17(16)22/h11-12,14H,2-10,13H2,1H3,(H,23,25)(H,24,26,27). The van der Waals surface area contributed by atoms with E-state index in [9.17, 15) is 13.6 Å². The smallest absolute Gasteiger partial charge is 0.260 e. The number of nitrogens with one attached hydrogen (secondary N) is 2. The van der Waals surface area contributed by atoms with Crippen molar-refractivity contribution in [2.75, 3.05) is 17.2 Å². The molecule has 0 saturated carbocycles. The first-order chi connectivity index (χ1) is 13.6. The molecule has 28 heavy (non-hydrogen) atoms. The maximum atomic E-state index is 13.6. The number of anilines is 2. The Morgan fingerprint density at radius 2 is 1.61 bits per heavy atom. The van der Waals surface area contributed by atoms with Gasteiger partial charge in [-0.1, -0.05) is 69.6 Å². The number of hydrogen-bond acceptors (Lipinski definition) is 5. The van der Waals surface area contributed by atoms with Gasteiger partial charge in [-0.3, -0.25) is 10.1 Å². The number of benzene rings is 1. The number of carbonyl (C=O) groups excluding carboxylic acids is 1. The molecule has 0 fully saturated rings. The summed E-state index contributed by atoms with van der Waals surface area (Å²) in [6.07, 6.45) is 11.4. The molecule has 0 bridgehead atoms. The van der Waals surface area contributed by atoms with Crippen LogP contribution in [-0.4, -0.2) is 22.6 Å². The zero-order chi connectivity index (χ0) is 20.2. The second-order valence-electron chi connectivity index (χ2n) is 6.75. The molecule has 0 radical (unpaired) electrons. The van der Waals surface area contributed by atoms with Crippen LogP contribution in [0.2, 0.25) is 0 Å². The molecule has 1 heterocycles. The van der Waals surface area contributed by atoms with Gasteiger partial charge in [-0.2, -0.15) is 0 Å². The number of halogens is 2. The van der Waals surface area contributed by atoms with Crippen LogP contribution in [0.5, 0.6) is 0 Å². The van der Waals surface area contributed by atoms with E-state index in [-0.39, 0.29) is 10.7 Å². The Morgan fingerprint density at radius 3 is 2.29 bits per heavy atom. The fraction of sp³-hybridized carbons (Fsp3) is 0.550. The molecule has 0 aliphatic heterocycles. The van der Waals surface area contributed by atoms with Crippen LogP contribution in [0.1, 0.15) is 75.1 Å². The number of carbonyl (C=O) groups is 1. The van der Waals surface area contributed by atoms with Gasteiger partial charge in [-0.05, 0) is 18.6 Å². The summed E-state index contributed by atoms with van der Waals surface area (Å²) in [6, 6.07) is 2.81. The zero-order valence-electron chi connectivity index (χ0n) is 16.3. The van der Waals surface area contributed by atoms with E-state index in [0.717, 1.165) is 25.1 Å². The molecule has 2 N–H and O–H groups in total. The van der Waals surface area contributed by atoms with Crippen molar-refractivity contribution >= 4 is 27.5 Å². The predicted octanol–water partition coefficient (Wildman–Crippen LogP) is 6.01. The molecule has 0 aliphatic carbocycles. The van der Waals surface area contributed by atoms with Crippen molar-refractivity contribution < 1.29 is 13.6 Å². The summed E-state index contributed by atoms with van der Waals surface area (Å²) >= 11 is 1.18. The third-order valence-electron chi connectivity index (χ3n) is 4.38. The number of nitrogens with zero attached hydrogens (tertiary/aromatic N) is 2. The number of unbranched alkanes of at least 4 members (excludes halogenated alkanes) is 8. The molecule has 154 valence electrons. The van der Waals surface area contributed by atoms with Crippen molar-refractivity contribution in [3.05, 3.63) is 35.4 Å². The molecular formula is C20H28F2N4OS. The molecule has 1 aromatic carbocycles. The lowest BCUT2D eigenvalue weighted by Gasteiger charge is -2.03. The Labute approximate surface area is 169 Å². The van der Waals surface area contributed by atoms with E-state index >= 15 is 0 Å². The average Bonchev–Trinajstić information content (AvgIpc) is 3.10. The predicted molar refractivity (Wildman–Crippen MR) is 110 cm³/mol. The van der Waals surface area contributed by atoms with Crippen LogP contribution in [0.15, 0.2) is 18.2 Å². The van der Waals surface area contributed by atoms with Crippen LogP contribution in [0.3, 0.4) is 0 Å². The third-order valence-corrected chi connectivity index (χ3v) is 5.17. The molecular weight excluding hydrogens is 382 g/mol. The summed E-state index contributed by atoms with van der Waals surface area (Å²) in [5, 5.41) is 14.4. The number of aromatic nitrogens is 2. The minimum Gasteiger partial charge on any atom is -0.360 e. The fourth-order valence-corrected chi connectivity index (χ4v) is 3.48. The van der Waals surface area contributed by atoms with E-state index in [1.54, 1.807) is 0 Å². The van der Waals surface area contributed by atoms with Gasteiger partial charge >= 0.3 is 0 Å². The highest BCUT2D eigenvalue weighted by Gasteiger charge is 2.14. The fourth-order valence-electron chi connectivity index (χ4n) is 2.81. The first-order valence-electron chi connectivity index (χ1n) is 9.94. The summed E-state index contributed by atoms with van der Waals surface area (Å²) in [7, 11) is 0. The van der Waals surface area contributed by atoms with Gasteiger partial charge in [0.15, 0.2) is 0 Å². The molecule has 1 aromatic heterocycles. The van der Waals surface area contributed by atoms with Crippen LogP contribution in [0.4, 0.5) is 19.0 Å². The first kappa shape index (κ1) is 22.2. The largest absolute Gasteiger partial charge is 0.360 e. The SMILES string of the molecule is CCCCCCCCCCCNc1nnc(NC(=O)c2ccc(F)cc2F)s1. The van der Waals surface area contributed by atoms with Crippen LogP contribution < -0.4 is 10.6 Å². The Kier molecular flexibility index (Phi) is 9.82. The minimum absolute atomic E-state index is 0.235. The Bertz CT molecular complexity index is 739. The van der Waals surface area contributed by atoms with Crippen LogP contribution in [0.25, 0.3) is 0 Å². The molecule has 2 aromatic rings. The quantitative estimate of drug-likeness (QED) is 0.397. The van der Waals surface area contributed by atoms with Gasteiger partial charge in [0.1, 0.15) is 11.6 Å². The second-order valence-corrected chi connectivity index (χ2v) is 7.72. The highest BCUT2D eigenvalue weighted by Crippen LogP contribution is 2.21. The maximum Gasteiger partial charge on any atom is 0.260 e. The summed E-state index contributed by atoms with van der Waals surface area (Å²) < 4.78 is 26.6. The van der Waals surface area contributed by atoms with Gasteiger partial charge in [0.2, 0.25) is 10.3 Å². The topological polar surface area (TPSA) is 66.9 Å². The number of rotatable bonds is 13. The zero-order valence-corrected chi connectivity index (χ0v) is 17.1. The molecule has 2 rings (SSSR count). The number of amides is 1. The van der Waals surface area contributed by atoms with Crippen molar-refractivity contribution in [2.24, 2.45) is 0 Å². The highest BCUT2D eigenvalue weighted by molar-refractivity contribution is 7.19. The number of hydrogen-bond donors (Lipinski definition) is 2. The van der Waals surface area contributed by atoms with Crippen molar-refractivity contribution in [1.82, 2.24) is 10.2 Å². The van der Waals surface area contributed by atoms with E-state index in [1.165, 1.54) is 62.7 Å². The van der Waals surface area contributed by atoms with Gasteiger partial charge < -0.3 is 5.32 Å². The van der Waals surface area contributed by atoms with E-state index in [2.05, 4.69) is 27.8 Å². The lowest BCUT2D eigenvalue weighted by atomic mass is 10.1. The van der Waals surface area contributed by atoms with Gasteiger partial charge in [0.25, 0.3) is 5.91 Å². The minimum atomic E-state index is -0.911. The summed E-state index contributed by atoms with van der Waals surface area (Å²) in [6.45, 7) is 3.03. The second kappa shape index (κ2) is 12.4. The van der Waals surface area contributed by atoms with Gasteiger partial charge in [0.05, 0.1) is 5.56 Å². The summed E-state index contributed by atoms with van der Waals surface area (Å²) in [5.74, 6) is -2.32. The highest BCUT2D eigenvalue weighted by atomic mass is 32.1.